The maximum Gasteiger partial charge on any atom is 0.251 e. The fourth-order valence-corrected chi connectivity index (χ4v) is 3.04. The molecule has 0 saturated carbocycles. The minimum Gasteiger partial charge on any atom is -0.376 e. The van der Waals surface area contributed by atoms with Gasteiger partial charge in [0.15, 0.2) is 0 Å². The normalized spacial score (nSPS) is 16.0. The summed E-state index contributed by atoms with van der Waals surface area (Å²) in [5.41, 5.74) is 2.07. The Balaban J connectivity index is 1.44. The molecule has 2 amide bonds. The Kier molecular flexibility index (Phi) is 6.84. The second-order valence-corrected chi connectivity index (χ2v) is 7.25. The summed E-state index contributed by atoms with van der Waals surface area (Å²) in [6, 6.07) is 14.4. The molecule has 7 heteroatoms. The van der Waals surface area contributed by atoms with Crippen molar-refractivity contribution >= 4 is 39.1 Å². The maximum absolute atomic E-state index is 12.2. The number of rotatable bonds is 7. The lowest BCUT2D eigenvalue weighted by Gasteiger charge is -2.11. The predicted octanol–water partition coefficient (Wildman–Crippen LogP) is 3.41. The summed E-state index contributed by atoms with van der Waals surface area (Å²) in [7, 11) is 0. The van der Waals surface area contributed by atoms with E-state index in [0.717, 1.165) is 29.6 Å². The Morgan fingerprint density at radius 2 is 1.74 bits per heavy atom. The Hall–Kier alpha value is -2.38. The van der Waals surface area contributed by atoms with Crippen LogP contribution in [0, 0.1) is 0 Å². The number of amides is 2. The third-order valence-electron chi connectivity index (χ3n) is 4.24. The molecule has 1 saturated heterocycles. The van der Waals surface area contributed by atoms with Gasteiger partial charge in [-0.2, -0.15) is 0 Å². The maximum atomic E-state index is 12.2. The molecule has 0 radical (unpaired) electrons. The number of hydrogen-bond acceptors (Lipinski definition) is 4. The highest BCUT2D eigenvalue weighted by Gasteiger charge is 2.16. The summed E-state index contributed by atoms with van der Waals surface area (Å²) in [4.78, 5) is 24.2. The topological polar surface area (TPSA) is 79.5 Å². The van der Waals surface area contributed by atoms with E-state index in [1.807, 2.05) is 24.3 Å². The molecule has 1 heterocycles. The Bertz CT molecular complexity index is 772. The average molecular weight is 432 g/mol. The molecule has 1 fully saturated rings. The van der Waals surface area contributed by atoms with Gasteiger partial charge in [-0.1, -0.05) is 15.9 Å². The number of carbonyl (C=O) groups is 2. The van der Waals surface area contributed by atoms with Crippen molar-refractivity contribution in [2.45, 2.75) is 18.9 Å². The van der Waals surface area contributed by atoms with Crippen LogP contribution in [0.2, 0.25) is 0 Å². The van der Waals surface area contributed by atoms with Crippen molar-refractivity contribution in [1.82, 2.24) is 5.32 Å². The molecule has 2 aromatic carbocycles. The second-order valence-electron chi connectivity index (χ2n) is 6.33. The van der Waals surface area contributed by atoms with Crippen LogP contribution in [-0.4, -0.2) is 37.6 Å². The van der Waals surface area contributed by atoms with E-state index >= 15 is 0 Å². The van der Waals surface area contributed by atoms with Crippen molar-refractivity contribution in [3.05, 3.63) is 58.6 Å². The smallest absolute Gasteiger partial charge is 0.251 e. The second kappa shape index (κ2) is 9.53. The molecule has 3 rings (SSSR count). The first-order chi connectivity index (χ1) is 13.1. The quantitative estimate of drug-likeness (QED) is 0.627. The number of hydrogen-bond donors (Lipinski definition) is 3. The van der Waals surface area contributed by atoms with E-state index in [-0.39, 0.29) is 24.5 Å². The van der Waals surface area contributed by atoms with Crippen LogP contribution >= 0.6 is 15.9 Å². The fourth-order valence-electron chi connectivity index (χ4n) is 2.77. The number of benzene rings is 2. The van der Waals surface area contributed by atoms with Gasteiger partial charge >= 0.3 is 0 Å². The van der Waals surface area contributed by atoms with Gasteiger partial charge in [-0.25, -0.2) is 0 Å². The number of ether oxygens (including phenoxy) is 1. The van der Waals surface area contributed by atoms with E-state index in [9.17, 15) is 9.59 Å². The SMILES string of the molecule is O=C(CNc1ccc(Br)cc1)Nc1ccc(C(=O)NCC2CCCO2)cc1. The van der Waals surface area contributed by atoms with Crippen LogP contribution in [0.5, 0.6) is 0 Å². The first kappa shape index (κ1) is 19.4. The molecular formula is C20H22BrN3O3. The van der Waals surface area contributed by atoms with Gasteiger partial charge in [-0.3, -0.25) is 9.59 Å². The minimum atomic E-state index is -0.159. The molecule has 27 heavy (non-hydrogen) atoms. The number of carbonyl (C=O) groups excluding carboxylic acids is 2. The largest absolute Gasteiger partial charge is 0.376 e. The molecule has 0 aromatic heterocycles. The third-order valence-corrected chi connectivity index (χ3v) is 4.77. The fraction of sp³-hybridized carbons (Fsp3) is 0.300. The van der Waals surface area contributed by atoms with Gasteiger partial charge in [0.1, 0.15) is 0 Å². The number of anilines is 2. The lowest BCUT2D eigenvalue weighted by molar-refractivity contribution is -0.114. The van der Waals surface area contributed by atoms with Crippen LogP contribution in [0.3, 0.4) is 0 Å². The predicted molar refractivity (Wildman–Crippen MR) is 109 cm³/mol. The number of nitrogens with one attached hydrogen (secondary N) is 3. The lowest BCUT2D eigenvalue weighted by atomic mass is 10.2. The molecule has 2 aromatic rings. The van der Waals surface area contributed by atoms with Gasteiger partial charge in [0.05, 0.1) is 12.6 Å². The first-order valence-corrected chi connectivity index (χ1v) is 9.68. The summed E-state index contributed by atoms with van der Waals surface area (Å²) in [6.45, 7) is 1.45. The highest BCUT2D eigenvalue weighted by Crippen LogP contribution is 2.14. The van der Waals surface area contributed by atoms with Crippen LogP contribution < -0.4 is 16.0 Å². The highest BCUT2D eigenvalue weighted by atomic mass is 79.9. The van der Waals surface area contributed by atoms with Gasteiger partial charge in [0.25, 0.3) is 5.91 Å². The molecule has 6 nitrogen and oxygen atoms in total. The third kappa shape index (κ3) is 6.08. The molecule has 1 atom stereocenters. The van der Waals surface area contributed by atoms with E-state index in [2.05, 4.69) is 31.9 Å². The Morgan fingerprint density at radius 3 is 2.41 bits per heavy atom. The molecule has 0 spiro atoms. The van der Waals surface area contributed by atoms with Crippen LogP contribution in [0.25, 0.3) is 0 Å². The standard InChI is InChI=1S/C20H22BrN3O3/c21-15-5-9-16(10-6-15)22-13-19(25)24-17-7-3-14(4-8-17)20(26)23-12-18-2-1-11-27-18/h3-10,18,22H,1-2,11-13H2,(H,23,26)(H,24,25). The van der Waals surface area contributed by atoms with Gasteiger partial charge in [-0.15, -0.1) is 0 Å². The van der Waals surface area contributed by atoms with Crippen LogP contribution in [0.4, 0.5) is 11.4 Å². The van der Waals surface area contributed by atoms with E-state index in [0.29, 0.717) is 17.8 Å². The molecule has 1 unspecified atom stereocenters. The van der Waals surface area contributed by atoms with Gasteiger partial charge < -0.3 is 20.7 Å². The van der Waals surface area contributed by atoms with Crippen LogP contribution in [0.1, 0.15) is 23.2 Å². The van der Waals surface area contributed by atoms with Gasteiger partial charge in [-0.05, 0) is 61.4 Å². The lowest BCUT2D eigenvalue weighted by Crippen LogP contribution is -2.31. The van der Waals surface area contributed by atoms with E-state index < -0.39 is 0 Å². The van der Waals surface area contributed by atoms with Crippen molar-refractivity contribution in [3.8, 4) is 0 Å². The Morgan fingerprint density at radius 1 is 1.04 bits per heavy atom. The molecule has 1 aliphatic heterocycles. The number of halogens is 1. The van der Waals surface area contributed by atoms with Crippen molar-refractivity contribution in [3.63, 3.8) is 0 Å². The zero-order valence-corrected chi connectivity index (χ0v) is 16.4. The summed E-state index contributed by atoms with van der Waals surface area (Å²) in [6.07, 6.45) is 2.15. The summed E-state index contributed by atoms with van der Waals surface area (Å²) >= 11 is 3.37. The van der Waals surface area contributed by atoms with E-state index in [1.54, 1.807) is 24.3 Å². The zero-order valence-electron chi connectivity index (χ0n) is 14.8. The van der Waals surface area contributed by atoms with Crippen LogP contribution in [0.15, 0.2) is 53.0 Å². The summed E-state index contributed by atoms with van der Waals surface area (Å²) < 4.78 is 6.48. The molecule has 3 N–H and O–H groups in total. The van der Waals surface area contributed by atoms with E-state index in [4.69, 9.17) is 4.74 Å². The van der Waals surface area contributed by atoms with Gasteiger partial charge in [0.2, 0.25) is 5.91 Å². The van der Waals surface area contributed by atoms with Gasteiger partial charge in [0, 0.05) is 34.6 Å². The molecule has 0 aliphatic carbocycles. The molecule has 142 valence electrons. The first-order valence-electron chi connectivity index (χ1n) is 8.89. The van der Waals surface area contributed by atoms with Crippen molar-refractivity contribution in [2.24, 2.45) is 0 Å². The molecular weight excluding hydrogens is 410 g/mol. The summed E-state index contributed by atoms with van der Waals surface area (Å²) in [5, 5.41) is 8.74. The van der Waals surface area contributed by atoms with Crippen LogP contribution in [-0.2, 0) is 9.53 Å². The average Bonchev–Trinajstić information content (AvgIpc) is 3.20. The highest BCUT2D eigenvalue weighted by molar-refractivity contribution is 9.10. The zero-order chi connectivity index (χ0) is 19.1. The summed E-state index contributed by atoms with van der Waals surface area (Å²) in [5.74, 6) is -0.297. The van der Waals surface area contributed by atoms with Crippen molar-refractivity contribution < 1.29 is 14.3 Å². The molecule has 1 aliphatic rings. The monoisotopic (exact) mass is 431 g/mol. The molecule has 0 bridgehead atoms. The minimum absolute atomic E-state index is 0.116. The van der Waals surface area contributed by atoms with E-state index in [1.165, 1.54) is 0 Å². The Labute approximate surface area is 166 Å². The van der Waals surface area contributed by atoms with Crippen molar-refractivity contribution in [1.29, 1.82) is 0 Å². The van der Waals surface area contributed by atoms with Crippen molar-refractivity contribution in [2.75, 3.05) is 30.3 Å².